The summed E-state index contributed by atoms with van der Waals surface area (Å²) in [5.41, 5.74) is 0.782. The Kier molecular flexibility index (Phi) is 7.50. The first kappa shape index (κ1) is 28.5. The first-order valence-corrected chi connectivity index (χ1v) is 15.1. The Morgan fingerprint density at radius 2 is 1.66 bits per heavy atom. The summed E-state index contributed by atoms with van der Waals surface area (Å²) in [5.74, 6) is -0.265. The van der Waals surface area contributed by atoms with Crippen LogP contribution in [0.4, 0.5) is 15.0 Å². The Morgan fingerprint density at radius 3 is 2.34 bits per heavy atom. The van der Waals surface area contributed by atoms with Crippen molar-refractivity contribution in [2.24, 2.45) is 0 Å². The molecule has 1 aliphatic heterocycles. The van der Waals surface area contributed by atoms with E-state index in [0.717, 1.165) is 3.97 Å². The van der Waals surface area contributed by atoms with Crippen LogP contribution in [0.25, 0.3) is 22.2 Å². The number of aromatic nitrogens is 3. The number of carbonyl (C=O) groups is 1. The van der Waals surface area contributed by atoms with E-state index in [-0.39, 0.29) is 29.0 Å². The van der Waals surface area contributed by atoms with Gasteiger partial charge >= 0.3 is 6.09 Å². The number of anilines is 1. The van der Waals surface area contributed by atoms with Crippen LogP contribution in [0.1, 0.15) is 40.2 Å². The molecule has 1 fully saturated rings. The molecule has 9 nitrogen and oxygen atoms in total. The van der Waals surface area contributed by atoms with Crippen LogP contribution in [0.5, 0.6) is 0 Å². The van der Waals surface area contributed by atoms with Gasteiger partial charge in [-0.15, -0.1) is 0 Å². The zero-order valence-corrected chi connectivity index (χ0v) is 24.6. The van der Waals surface area contributed by atoms with Crippen LogP contribution < -0.4 is 4.90 Å². The molecule has 2 atom stereocenters. The third-order valence-electron chi connectivity index (χ3n) is 7.07. The Hall–Kier alpha value is -3.99. The topological polar surface area (TPSA) is 97.6 Å². The van der Waals surface area contributed by atoms with Gasteiger partial charge in [-0.25, -0.2) is 31.5 Å². The Morgan fingerprint density at radius 1 is 0.976 bits per heavy atom. The van der Waals surface area contributed by atoms with E-state index in [0.29, 0.717) is 35.4 Å². The van der Waals surface area contributed by atoms with E-state index in [1.165, 1.54) is 18.6 Å². The molecule has 0 radical (unpaired) electrons. The number of nitrogens with zero attached hydrogens (tertiary/aromatic N) is 5. The van der Waals surface area contributed by atoms with Crippen LogP contribution >= 0.6 is 0 Å². The standard InChI is InChI=1S/C30H34FN5O4S/c1-20-16-35(29(37)40-30(3,4)5)21(2)15-34(20)27-26-24(23-13-9-10-14-25(23)31)17-36(28(26)33-19-32-27)41(38,39)18-22-11-7-6-8-12-22/h6-14,17,19-21H,15-16,18H2,1-5H3/t20-,21+/m0/s1. The number of piperazine rings is 1. The molecule has 216 valence electrons. The van der Waals surface area contributed by atoms with Gasteiger partial charge in [0.05, 0.1) is 11.1 Å². The number of ether oxygens (including phenoxy) is 1. The monoisotopic (exact) mass is 579 g/mol. The molecule has 3 heterocycles. The van der Waals surface area contributed by atoms with Gasteiger partial charge in [0.1, 0.15) is 23.6 Å². The van der Waals surface area contributed by atoms with Crippen molar-refractivity contribution in [1.29, 1.82) is 0 Å². The Labute approximate surface area is 239 Å². The molecule has 0 bridgehead atoms. The Balaban J connectivity index is 1.62. The molecule has 0 unspecified atom stereocenters. The molecular formula is C30H34FN5O4S. The zero-order chi connectivity index (χ0) is 29.5. The lowest BCUT2D eigenvalue weighted by atomic mass is 10.0. The molecule has 0 N–H and O–H groups in total. The van der Waals surface area contributed by atoms with Gasteiger partial charge in [-0.2, -0.15) is 0 Å². The highest BCUT2D eigenvalue weighted by atomic mass is 32.2. The smallest absolute Gasteiger partial charge is 0.410 e. The summed E-state index contributed by atoms with van der Waals surface area (Å²) >= 11 is 0. The fourth-order valence-electron chi connectivity index (χ4n) is 5.18. The number of carbonyl (C=O) groups excluding carboxylic acids is 1. The van der Waals surface area contributed by atoms with Crippen molar-refractivity contribution >= 4 is 33.0 Å². The number of halogens is 1. The molecule has 2 aromatic heterocycles. The first-order chi connectivity index (χ1) is 19.4. The van der Waals surface area contributed by atoms with Gasteiger partial charge in [-0.3, -0.25) is 0 Å². The number of amides is 1. The van der Waals surface area contributed by atoms with Crippen molar-refractivity contribution in [3.8, 4) is 11.1 Å². The second-order valence-corrected chi connectivity index (χ2v) is 13.3. The fraction of sp³-hybridized carbons (Fsp3) is 0.367. The molecule has 4 aromatic rings. The van der Waals surface area contributed by atoms with Crippen LogP contribution in [0.3, 0.4) is 0 Å². The van der Waals surface area contributed by atoms with Gasteiger partial charge < -0.3 is 14.5 Å². The van der Waals surface area contributed by atoms with Crippen molar-refractivity contribution in [2.45, 2.75) is 58.1 Å². The lowest BCUT2D eigenvalue weighted by molar-refractivity contribution is 0.0130. The van der Waals surface area contributed by atoms with Gasteiger partial charge in [0, 0.05) is 42.5 Å². The van der Waals surface area contributed by atoms with E-state index in [9.17, 15) is 13.2 Å². The van der Waals surface area contributed by atoms with Crippen LogP contribution in [-0.4, -0.2) is 64.1 Å². The first-order valence-electron chi connectivity index (χ1n) is 13.5. The highest BCUT2D eigenvalue weighted by molar-refractivity contribution is 7.89. The molecule has 1 saturated heterocycles. The van der Waals surface area contributed by atoms with Crippen molar-refractivity contribution in [3.63, 3.8) is 0 Å². The van der Waals surface area contributed by atoms with E-state index in [2.05, 4.69) is 9.97 Å². The molecule has 11 heteroatoms. The predicted octanol–water partition coefficient (Wildman–Crippen LogP) is 5.45. The fourth-order valence-corrected chi connectivity index (χ4v) is 6.60. The van der Waals surface area contributed by atoms with Crippen LogP contribution in [0.15, 0.2) is 67.1 Å². The summed E-state index contributed by atoms with van der Waals surface area (Å²) in [5, 5.41) is 0.430. The summed E-state index contributed by atoms with van der Waals surface area (Å²) in [4.78, 5) is 25.6. The zero-order valence-electron chi connectivity index (χ0n) is 23.8. The largest absolute Gasteiger partial charge is 0.444 e. The molecule has 1 aliphatic rings. The second-order valence-electron chi connectivity index (χ2n) is 11.4. The summed E-state index contributed by atoms with van der Waals surface area (Å²) in [6.45, 7) is 10.1. The molecule has 5 rings (SSSR count). The summed E-state index contributed by atoms with van der Waals surface area (Å²) in [7, 11) is -3.93. The number of rotatable bonds is 5. The summed E-state index contributed by atoms with van der Waals surface area (Å²) in [6, 6.07) is 14.7. The van der Waals surface area contributed by atoms with Gasteiger partial charge in [0.25, 0.3) is 0 Å². The van der Waals surface area contributed by atoms with Crippen LogP contribution in [0, 0.1) is 5.82 Å². The highest BCUT2D eigenvalue weighted by Crippen LogP contribution is 2.39. The van der Waals surface area contributed by atoms with E-state index in [1.54, 1.807) is 47.4 Å². The SMILES string of the molecule is C[C@@H]1CN(c2ncnc3c2c(-c2ccccc2F)cn3S(=O)(=O)Cc2ccccc2)[C@@H](C)CN1C(=O)OC(C)(C)C. The molecule has 1 amide bonds. The number of benzene rings is 2. The molecule has 0 aliphatic carbocycles. The minimum atomic E-state index is -3.93. The normalized spacial score (nSPS) is 18.1. The van der Waals surface area contributed by atoms with Crippen molar-refractivity contribution < 1.29 is 22.3 Å². The van der Waals surface area contributed by atoms with Crippen molar-refractivity contribution in [1.82, 2.24) is 18.8 Å². The second kappa shape index (κ2) is 10.8. The molecular weight excluding hydrogens is 545 g/mol. The summed E-state index contributed by atoms with van der Waals surface area (Å²) < 4.78 is 49.4. The van der Waals surface area contributed by atoms with E-state index >= 15 is 4.39 Å². The minimum absolute atomic E-state index is 0.165. The van der Waals surface area contributed by atoms with Crippen molar-refractivity contribution in [2.75, 3.05) is 18.0 Å². The molecule has 0 saturated carbocycles. The van der Waals surface area contributed by atoms with Crippen LogP contribution in [-0.2, 0) is 20.5 Å². The van der Waals surface area contributed by atoms with Crippen molar-refractivity contribution in [3.05, 3.63) is 78.5 Å². The third-order valence-corrected chi connectivity index (χ3v) is 8.65. The minimum Gasteiger partial charge on any atom is -0.444 e. The third kappa shape index (κ3) is 5.76. The van der Waals surface area contributed by atoms with Gasteiger partial charge in [-0.1, -0.05) is 48.5 Å². The van der Waals surface area contributed by atoms with E-state index in [1.807, 2.05) is 45.6 Å². The van der Waals surface area contributed by atoms with E-state index < -0.39 is 27.5 Å². The maximum atomic E-state index is 15.2. The Bertz CT molecular complexity index is 1680. The maximum absolute atomic E-state index is 15.2. The summed E-state index contributed by atoms with van der Waals surface area (Å²) in [6.07, 6.45) is 2.37. The molecule has 0 spiro atoms. The lowest BCUT2D eigenvalue weighted by Gasteiger charge is -2.44. The van der Waals surface area contributed by atoms with Gasteiger partial charge in [-0.05, 0) is 46.2 Å². The number of hydrogen-bond donors (Lipinski definition) is 0. The quantitative estimate of drug-likeness (QED) is 0.310. The molecule has 2 aromatic carbocycles. The molecule has 41 heavy (non-hydrogen) atoms. The highest BCUT2D eigenvalue weighted by Gasteiger charge is 2.37. The van der Waals surface area contributed by atoms with E-state index in [4.69, 9.17) is 4.74 Å². The average molecular weight is 580 g/mol. The van der Waals surface area contributed by atoms with Gasteiger partial charge in [0.15, 0.2) is 5.65 Å². The predicted molar refractivity (Wildman–Crippen MR) is 157 cm³/mol. The number of hydrogen-bond acceptors (Lipinski definition) is 7. The lowest BCUT2D eigenvalue weighted by Crippen LogP contribution is -2.59. The van der Waals surface area contributed by atoms with Gasteiger partial charge in [0.2, 0.25) is 10.0 Å². The van der Waals surface area contributed by atoms with Crippen LogP contribution in [0.2, 0.25) is 0 Å². The average Bonchev–Trinajstić information content (AvgIpc) is 3.30. The maximum Gasteiger partial charge on any atom is 0.410 e. The number of fused-ring (bicyclic) bond motifs is 1.